The van der Waals surface area contributed by atoms with Gasteiger partial charge in [0.1, 0.15) is 0 Å². The van der Waals surface area contributed by atoms with Crippen LogP contribution in [0, 0.1) is 12.3 Å². The normalized spacial score (nSPS) is 14.5. The van der Waals surface area contributed by atoms with E-state index < -0.39 is 0 Å². The van der Waals surface area contributed by atoms with E-state index in [1.807, 2.05) is 25.7 Å². The van der Waals surface area contributed by atoms with Crippen LogP contribution in [0.1, 0.15) is 56.6 Å². The van der Waals surface area contributed by atoms with Gasteiger partial charge in [0.05, 0.1) is 17.2 Å². The third kappa shape index (κ3) is 4.60. The minimum Gasteiger partial charge on any atom is -0.337 e. The standard InChI is InChI=1S/C13H20N2OS.C2H6/c1-9-14-10-5-6-15(8-11(10)17-9)12(16)7-13(2,3)4;1-2/h5-8H2,1-4H3;1-2H3. The van der Waals surface area contributed by atoms with Gasteiger partial charge < -0.3 is 4.90 Å². The number of thiazole rings is 1. The van der Waals surface area contributed by atoms with Gasteiger partial charge in [0, 0.05) is 24.3 Å². The van der Waals surface area contributed by atoms with Crippen LogP contribution in [0.5, 0.6) is 0 Å². The van der Waals surface area contributed by atoms with Crippen LogP contribution in [0.4, 0.5) is 0 Å². The second-order valence-electron chi connectivity index (χ2n) is 5.91. The van der Waals surface area contributed by atoms with Gasteiger partial charge in [0.15, 0.2) is 0 Å². The highest BCUT2D eigenvalue weighted by atomic mass is 32.1. The van der Waals surface area contributed by atoms with Gasteiger partial charge in [0.25, 0.3) is 0 Å². The van der Waals surface area contributed by atoms with Crippen molar-refractivity contribution in [3.8, 4) is 0 Å². The average Bonchev–Trinajstić information content (AvgIpc) is 2.68. The van der Waals surface area contributed by atoms with Crippen LogP contribution in [0.3, 0.4) is 0 Å². The maximum Gasteiger partial charge on any atom is 0.223 e. The monoisotopic (exact) mass is 282 g/mol. The molecule has 1 amide bonds. The summed E-state index contributed by atoms with van der Waals surface area (Å²) in [5, 5.41) is 1.11. The summed E-state index contributed by atoms with van der Waals surface area (Å²) >= 11 is 1.72. The van der Waals surface area contributed by atoms with Crippen LogP contribution in [0.2, 0.25) is 0 Å². The van der Waals surface area contributed by atoms with E-state index in [0.29, 0.717) is 6.42 Å². The lowest BCUT2D eigenvalue weighted by molar-refractivity contribution is -0.133. The molecule has 2 rings (SSSR count). The number of hydrogen-bond donors (Lipinski definition) is 0. The highest BCUT2D eigenvalue weighted by molar-refractivity contribution is 7.11. The Kier molecular flexibility index (Phi) is 5.53. The Labute approximate surface area is 121 Å². The molecule has 108 valence electrons. The van der Waals surface area contributed by atoms with E-state index in [0.717, 1.165) is 24.5 Å². The molecule has 0 atom stereocenters. The molecular formula is C15H26N2OS. The fraction of sp³-hybridized carbons (Fsp3) is 0.733. The SMILES string of the molecule is CC.Cc1nc2c(s1)CN(C(=O)CC(C)(C)C)CC2. The second-order valence-corrected chi connectivity index (χ2v) is 7.19. The van der Waals surface area contributed by atoms with Gasteiger partial charge in [-0.05, 0) is 12.3 Å². The summed E-state index contributed by atoms with van der Waals surface area (Å²) in [5.74, 6) is 0.272. The molecule has 0 bridgehead atoms. The van der Waals surface area contributed by atoms with Crippen LogP contribution in [-0.2, 0) is 17.8 Å². The minimum atomic E-state index is 0.0704. The van der Waals surface area contributed by atoms with Crippen molar-refractivity contribution in [2.24, 2.45) is 5.41 Å². The van der Waals surface area contributed by atoms with Crippen LogP contribution in [-0.4, -0.2) is 22.3 Å². The molecule has 0 aliphatic carbocycles. The Morgan fingerprint density at radius 1 is 1.37 bits per heavy atom. The summed E-state index contributed by atoms with van der Waals surface area (Å²) in [6.45, 7) is 13.9. The molecule has 0 spiro atoms. The van der Waals surface area contributed by atoms with Gasteiger partial charge in [-0.15, -0.1) is 11.3 Å². The van der Waals surface area contributed by atoms with Crippen molar-refractivity contribution < 1.29 is 4.79 Å². The van der Waals surface area contributed by atoms with Crippen molar-refractivity contribution in [1.29, 1.82) is 0 Å². The molecule has 0 saturated heterocycles. The Morgan fingerprint density at radius 3 is 2.58 bits per heavy atom. The highest BCUT2D eigenvalue weighted by Crippen LogP contribution is 2.27. The van der Waals surface area contributed by atoms with E-state index in [-0.39, 0.29) is 11.3 Å². The summed E-state index contributed by atoms with van der Waals surface area (Å²) in [4.78, 5) is 19.9. The highest BCUT2D eigenvalue weighted by Gasteiger charge is 2.26. The molecule has 1 aliphatic heterocycles. The van der Waals surface area contributed by atoms with E-state index in [9.17, 15) is 4.79 Å². The summed E-state index contributed by atoms with van der Waals surface area (Å²) in [6.07, 6.45) is 1.54. The zero-order chi connectivity index (χ0) is 14.6. The predicted molar refractivity (Wildman–Crippen MR) is 81.4 cm³/mol. The van der Waals surface area contributed by atoms with Crippen molar-refractivity contribution in [2.75, 3.05) is 6.54 Å². The first-order chi connectivity index (χ1) is 8.85. The first kappa shape index (κ1) is 16.2. The Hall–Kier alpha value is -0.900. The topological polar surface area (TPSA) is 33.2 Å². The van der Waals surface area contributed by atoms with Crippen LogP contribution in [0.15, 0.2) is 0 Å². The number of rotatable bonds is 1. The van der Waals surface area contributed by atoms with Crippen LogP contribution < -0.4 is 0 Å². The Balaban J connectivity index is 0.000000861. The lowest BCUT2D eigenvalue weighted by Crippen LogP contribution is -2.37. The first-order valence-electron chi connectivity index (χ1n) is 7.08. The fourth-order valence-electron chi connectivity index (χ4n) is 2.10. The zero-order valence-electron chi connectivity index (χ0n) is 13.0. The molecule has 3 nitrogen and oxygen atoms in total. The summed E-state index contributed by atoms with van der Waals surface area (Å²) in [7, 11) is 0. The quantitative estimate of drug-likeness (QED) is 0.785. The fourth-order valence-corrected chi connectivity index (χ4v) is 3.10. The molecule has 0 fully saturated rings. The van der Waals surface area contributed by atoms with Gasteiger partial charge >= 0.3 is 0 Å². The van der Waals surface area contributed by atoms with Gasteiger partial charge in [-0.3, -0.25) is 4.79 Å². The molecule has 1 aromatic rings. The number of carbonyl (C=O) groups excluding carboxylic acids is 1. The maximum atomic E-state index is 12.1. The van der Waals surface area contributed by atoms with E-state index in [1.165, 1.54) is 10.6 Å². The minimum absolute atomic E-state index is 0.0704. The molecule has 0 N–H and O–H groups in total. The first-order valence-corrected chi connectivity index (χ1v) is 7.90. The second kappa shape index (κ2) is 6.51. The summed E-state index contributed by atoms with van der Waals surface area (Å²) in [6, 6.07) is 0. The van der Waals surface area contributed by atoms with Crippen molar-refractivity contribution in [2.45, 2.75) is 60.9 Å². The summed E-state index contributed by atoms with van der Waals surface area (Å²) < 4.78 is 0. The lowest BCUT2D eigenvalue weighted by atomic mass is 9.91. The Morgan fingerprint density at radius 2 is 2.00 bits per heavy atom. The van der Waals surface area contributed by atoms with E-state index in [2.05, 4.69) is 25.8 Å². The van der Waals surface area contributed by atoms with Crippen molar-refractivity contribution in [3.05, 3.63) is 15.6 Å². The number of carbonyl (C=O) groups is 1. The molecule has 4 heteroatoms. The average molecular weight is 282 g/mol. The van der Waals surface area contributed by atoms with Gasteiger partial charge in [-0.1, -0.05) is 34.6 Å². The third-order valence-electron chi connectivity index (χ3n) is 2.87. The Bertz CT molecular complexity index is 432. The lowest BCUT2D eigenvalue weighted by Gasteiger charge is -2.29. The number of fused-ring (bicyclic) bond motifs is 1. The predicted octanol–water partition coefficient (Wildman–Crippen LogP) is 3.80. The van der Waals surface area contributed by atoms with Crippen molar-refractivity contribution >= 4 is 17.2 Å². The van der Waals surface area contributed by atoms with E-state index in [1.54, 1.807) is 11.3 Å². The smallest absolute Gasteiger partial charge is 0.223 e. The van der Waals surface area contributed by atoms with Crippen molar-refractivity contribution in [1.82, 2.24) is 9.88 Å². The molecule has 1 aromatic heterocycles. The van der Waals surface area contributed by atoms with Crippen LogP contribution >= 0.6 is 11.3 Å². The molecule has 0 radical (unpaired) electrons. The molecule has 1 aliphatic rings. The molecule has 0 unspecified atom stereocenters. The molecule has 0 saturated carbocycles. The van der Waals surface area contributed by atoms with Crippen LogP contribution in [0.25, 0.3) is 0 Å². The summed E-state index contributed by atoms with van der Waals surface area (Å²) in [5.41, 5.74) is 1.27. The molecule has 2 heterocycles. The number of amides is 1. The number of hydrogen-bond acceptors (Lipinski definition) is 3. The van der Waals surface area contributed by atoms with Gasteiger partial charge in [0.2, 0.25) is 5.91 Å². The largest absolute Gasteiger partial charge is 0.337 e. The third-order valence-corrected chi connectivity index (χ3v) is 3.87. The van der Waals surface area contributed by atoms with Gasteiger partial charge in [-0.2, -0.15) is 0 Å². The maximum absolute atomic E-state index is 12.1. The van der Waals surface area contributed by atoms with Crippen molar-refractivity contribution in [3.63, 3.8) is 0 Å². The van der Waals surface area contributed by atoms with E-state index in [4.69, 9.17) is 0 Å². The number of aromatic nitrogens is 1. The van der Waals surface area contributed by atoms with E-state index >= 15 is 0 Å². The number of aryl methyl sites for hydroxylation is 1. The molecular weight excluding hydrogens is 256 g/mol. The number of nitrogens with zero attached hydrogens (tertiary/aromatic N) is 2. The molecule has 0 aromatic carbocycles. The zero-order valence-corrected chi connectivity index (χ0v) is 13.9. The van der Waals surface area contributed by atoms with Gasteiger partial charge in [-0.25, -0.2) is 4.98 Å². The molecule has 19 heavy (non-hydrogen) atoms.